The third-order valence-corrected chi connectivity index (χ3v) is 11.2. The topological polar surface area (TPSA) is 84.0 Å². The number of fused-ring (bicyclic) bond motifs is 3. The Morgan fingerprint density at radius 3 is 2.09 bits per heavy atom. The van der Waals surface area contributed by atoms with Crippen LogP contribution in [0.15, 0.2) is 125 Å². The molecule has 1 aliphatic carbocycles. The van der Waals surface area contributed by atoms with Gasteiger partial charge in [0.25, 0.3) is 10.0 Å². The van der Waals surface area contributed by atoms with Crippen molar-refractivity contribution in [2.75, 3.05) is 10.8 Å². The summed E-state index contributed by atoms with van der Waals surface area (Å²) < 4.78 is 36.0. The number of carbonyl (C=O) groups is 2. The van der Waals surface area contributed by atoms with Crippen molar-refractivity contribution in [1.82, 2.24) is 4.90 Å². The highest BCUT2D eigenvalue weighted by molar-refractivity contribution is 7.93. The van der Waals surface area contributed by atoms with Gasteiger partial charge in [-0.3, -0.25) is 14.0 Å². The first-order valence-electron chi connectivity index (χ1n) is 15.5. The summed E-state index contributed by atoms with van der Waals surface area (Å²) in [5.74, 6) is -0.217. The first-order valence-corrected chi connectivity index (χ1v) is 16.9. The van der Waals surface area contributed by atoms with Gasteiger partial charge in [-0.15, -0.1) is 0 Å². The van der Waals surface area contributed by atoms with E-state index in [0.717, 1.165) is 27.8 Å². The smallest absolute Gasteiger partial charge is 0.410 e. The molecule has 46 heavy (non-hydrogen) atoms. The number of carbonyl (C=O) groups excluding carboxylic acids is 2. The number of amides is 1. The number of para-hydroxylation sites is 1. The number of ketones is 1. The van der Waals surface area contributed by atoms with E-state index in [2.05, 4.69) is 0 Å². The summed E-state index contributed by atoms with van der Waals surface area (Å²) in [5, 5.41) is 0. The van der Waals surface area contributed by atoms with Gasteiger partial charge in [0.2, 0.25) is 0 Å². The van der Waals surface area contributed by atoms with Gasteiger partial charge in [0, 0.05) is 6.54 Å². The average molecular weight is 635 g/mol. The number of nitrogens with zero attached hydrogens (tertiary/aromatic N) is 2. The number of aryl methyl sites for hydroxylation is 1. The predicted octanol–water partition coefficient (Wildman–Crippen LogP) is 7.35. The molecule has 7 nitrogen and oxygen atoms in total. The van der Waals surface area contributed by atoms with Crippen LogP contribution in [0.2, 0.25) is 0 Å². The summed E-state index contributed by atoms with van der Waals surface area (Å²) in [7, 11) is -4.03. The van der Waals surface area contributed by atoms with Gasteiger partial charge in [0.15, 0.2) is 5.78 Å². The minimum atomic E-state index is -4.03. The quantitative estimate of drug-likeness (QED) is 0.180. The van der Waals surface area contributed by atoms with Crippen molar-refractivity contribution in [3.05, 3.63) is 143 Å². The fourth-order valence-electron chi connectivity index (χ4n) is 6.76. The van der Waals surface area contributed by atoms with Crippen molar-refractivity contribution in [3.63, 3.8) is 0 Å². The minimum absolute atomic E-state index is 0.0688. The van der Waals surface area contributed by atoms with Crippen molar-refractivity contribution in [1.29, 1.82) is 0 Å². The van der Waals surface area contributed by atoms with Crippen LogP contribution >= 0.6 is 0 Å². The second kappa shape index (κ2) is 12.6. The summed E-state index contributed by atoms with van der Waals surface area (Å²) in [5.41, 5.74) is 4.75. The number of allylic oxidation sites excluding steroid dienone is 1. The van der Waals surface area contributed by atoms with Gasteiger partial charge in [-0.25, -0.2) is 13.2 Å². The number of ether oxygens (including phenoxy) is 1. The molecule has 0 N–H and O–H groups in total. The Balaban J connectivity index is 1.40. The van der Waals surface area contributed by atoms with Crippen LogP contribution in [-0.4, -0.2) is 37.8 Å². The van der Waals surface area contributed by atoms with E-state index in [-0.39, 0.29) is 30.4 Å². The molecule has 0 radical (unpaired) electrons. The molecule has 0 aromatic heterocycles. The maximum Gasteiger partial charge on any atom is 0.410 e. The van der Waals surface area contributed by atoms with Crippen molar-refractivity contribution < 1.29 is 22.7 Å². The van der Waals surface area contributed by atoms with Gasteiger partial charge < -0.3 is 4.74 Å². The van der Waals surface area contributed by atoms with E-state index in [9.17, 15) is 18.0 Å². The molecule has 1 heterocycles. The van der Waals surface area contributed by atoms with Crippen LogP contribution in [0, 0.1) is 6.92 Å². The van der Waals surface area contributed by atoms with Crippen LogP contribution in [-0.2, 0) is 38.1 Å². The van der Waals surface area contributed by atoms with E-state index in [0.29, 0.717) is 24.1 Å². The molecule has 4 aromatic carbocycles. The van der Waals surface area contributed by atoms with E-state index < -0.39 is 27.6 Å². The Morgan fingerprint density at radius 1 is 0.804 bits per heavy atom. The zero-order valence-corrected chi connectivity index (χ0v) is 27.2. The molecule has 2 atom stereocenters. The van der Waals surface area contributed by atoms with E-state index >= 15 is 0 Å². The maximum atomic E-state index is 15.0. The fourth-order valence-corrected chi connectivity index (χ4v) is 8.48. The second-order valence-electron chi connectivity index (χ2n) is 12.4. The molecular weight excluding hydrogens is 596 g/mol. The highest BCUT2D eigenvalue weighted by Gasteiger charge is 2.60. The lowest BCUT2D eigenvalue weighted by Gasteiger charge is -2.42. The standard InChI is InChI=1S/C38H38N2O5S/c1-27-18-20-32(21-19-27)46(43,44)40-34-17-11-10-16-33(34)38(23-29(3)28(2)22-35(38)40)36(41)25-39(24-30-12-6-4-7-13-30)37(42)45-26-31-14-8-5-9-15-31/h4-21,35H,22-26H2,1-3H3/t35-,38+/m1/s1. The normalized spacial score (nSPS) is 18.9. The third kappa shape index (κ3) is 5.73. The van der Waals surface area contributed by atoms with Crippen LogP contribution in [0.25, 0.3) is 0 Å². The van der Waals surface area contributed by atoms with E-state index in [1.807, 2.05) is 99.6 Å². The first kappa shape index (κ1) is 31.3. The van der Waals surface area contributed by atoms with Crippen molar-refractivity contribution in [2.24, 2.45) is 0 Å². The average Bonchev–Trinajstić information content (AvgIpc) is 3.35. The molecule has 4 aromatic rings. The summed E-state index contributed by atoms with van der Waals surface area (Å²) in [4.78, 5) is 30.2. The number of Topliss-reactive ketones (excluding diaryl/α,β-unsaturated/α-hetero) is 1. The summed E-state index contributed by atoms with van der Waals surface area (Å²) in [6.45, 7) is 5.93. The molecule has 0 saturated heterocycles. The lowest BCUT2D eigenvalue weighted by molar-refractivity contribution is -0.126. The lowest BCUT2D eigenvalue weighted by Crippen LogP contribution is -2.56. The van der Waals surface area contributed by atoms with Gasteiger partial charge in [0.1, 0.15) is 6.61 Å². The van der Waals surface area contributed by atoms with E-state index in [1.165, 1.54) is 9.21 Å². The molecular formula is C38H38N2O5S. The molecule has 0 saturated carbocycles. The van der Waals surface area contributed by atoms with Gasteiger partial charge in [-0.1, -0.05) is 108 Å². The molecule has 0 unspecified atom stereocenters. The first-order chi connectivity index (χ1) is 22.1. The molecule has 0 spiro atoms. The van der Waals surface area contributed by atoms with Crippen LogP contribution in [0.5, 0.6) is 0 Å². The molecule has 1 amide bonds. The highest BCUT2D eigenvalue weighted by atomic mass is 32.2. The number of hydrogen-bond donors (Lipinski definition) is 0. The SMILES string of the molecule is CC1=C(C)C[C@]2(C(=O)CN(Cc3ccccc3)C(=O)OCc3ccccc3)c3ccccc3N(S(=O)(=O)c3ccc(C)cc3)[C@@H]2C1. The second-order valence-corrected chi connectivity index (χ2v) is 14.2. The van der Waals surface area contributed by atoms with E-state index in [4.69, 9.17) is 4.74 Å². The Hall–Kier alpha value is -4.69. The van der Waals surface area contributed by atoms with Crippen LogP contribution in [0.4, 0.5) is 10.5 Å². The van der Waals surface area contributed by atoms with Crippen LogP contribution < -0.4 is 4.31 Å². The molecule has 6 rings (SSSR count). The predicted molar refractivity (Wildman–Crippen MR) is 179 cm³/mol. The molecule has 8 heteroatoms. The zero-order chi connectivity index (χ0) is 32.5. The number of hydrogen-bond acceptors (Lipinski definition) is 5. The number of sulfonamides is 1. The molecule has 2 aliphatic rings. The van der Waals surface area contributed by atoms with Crippen LogP contribution in [0.3, 0.4) is 0 Å². The molecule has 0 fully saturated rings. The highest BCUT2D eigenvalue weighted by Crippen LogP contribution is 2.55. The van der Waals surface area contributed by atoms with Gasteiger partial charge >= 0.3 is 6.09 Å². The molecule has 1 aliphatic heterocycles. The van der Waals surface area contributed by atoms with E-state index in [1.54, 1.807) is 30.3 Å². The summed E-state index contributed by atoms with van der Waals surface area (Å²) in [6.07, 6.45) is 0.148. The van der Waals surface area contributed by atoms with Crippen molar-refractivity contribution in [3.8, 4) is 0 Å². The summed E-state index contributed by atoms with van der Waals surface area (Å²) in [6, 6.07) is 32.3. The largest absolute Gasteiger partial charge is 0.445 e. The van der Waals surface area contributed by atoms with Gasteiger partial charge in [0.05, 0.1) is 28.6 Å². The van der Waals surface area contributed by atoms with Gasteiger partial charge in [-0.2, -0.15) is 0 Å². The lowest BCUT2D eigenvalue weighted by atomic mass is 9.64. The Morgan fingerprint density at radius 2 is 1.41 bits per heavy atom. The summed E-state index contributed by atoms with van der Waals surface area (Å²) >= 11 is 0. The van der Waals surface area contributed by atoms with Crippen molar-refractivity contribution >= 4 is 27.6 Å². The molecule has 0 bridgehead atoms. The Kier molecular flexibility index (Phi) is 8.57. The fraction of sp³-hybridized carbons (Fsp3) is 0.263. The maximum absolute atomic E-state index is 15.0. The zero-order valence-electron chi connectivity index (χ0n) is 26.3. The van der Waals surface area contributed by atoms with Crippen LogP contribution in [0.1, 0.15) is 48.9 Å². The molecule has 236 valence electrons. The van der Waals surface area contributed by atoms with Crippen molar-refractivity contribution in [2.45, 2.75) is 63.1 Å². The Bertz CT molecular complexity index is 1890. The monoisotopic (exact) mass is 634 g/mol. The number of rotatable bonds is 9. The number of anilines is 1. The third-order valence-electron chi connectivity index (χ3n) is 9.34. The van der Waals surface area contributed by atoms with Gasteiger partial charge in [-0.05, 0) is 68.5 Å². The Labute approximate surface area is 271 Å². The number of benzene rings is 4. The minimum Gasteiger partial charge on any atom is -0.445 e.